The molecule has 1 heterocycles. The van der Waals surface area contributed by atoms with E-state index in [2.05, 4.69) is 20.5 Å². The van der Waals surface area contributed by atoms with Crippen molar-refractivity contribution in [2.24, 2.45) is 10.4 Å². The lowest BCUT2D eigenvalue weighted by Gasteiger charge is -2.38. The van der Waals surface area contributed by atoms with Gasteiger partial charge in [-0.05, 0) is 49.3 Å². The van der Waals surface area contributed by atoms with Crippen LogP contribution in [0.3, 0.4) is 0 Å². The van der Waals surface area contributed by atoms with E-state index >= 15 is 0 Å². The first-order chi connectivity index (χ1) is 12.0. The topological polar surface area (TPSA) is 56.7 Å². The molecule has 1 spiro atoms. The molecule has 0 atom stereocenters. The quantitative estimate of drug-likeness (QED) is 0.306. The molecule has 26 heavy (non-hydrogen) atoms. The second-order valence-corrected chi connectivity index (χ2v) is 7.22. The zero-order valence-corrected chi connectivity index (χ0v) is 17.8. The van der Waals surface area contributed by atoms with E-state index in [0.717, 1.165) is 19.0 Å². The van der Waals surface area contributed by atoms with Gasteiger partial charge in [-0.1, -0.05) is 12.5 Å². The highest BCUT2D eigenvalue weighted by molar-refractivity contribution is 14.0. The average Bonchev–Trinajstić information content (AvgIpc) is 3.03. The Labute approximate surface area is 171 Å². The molecule has 1 amide bonds. The lowest BCUT2D eigenvalue weighted by atomic mass is 9.68. The molecule has 0 aromatic heterocycles. The highest BCUT2D eigenvalue weighted by atomic mass is 127. The molecule has 2 fully saturated rings. The molecule has 3 rings (SSSR count). The minimum atomic E-state index is -0.356. The molecular weight excluding hydrogens is 446 g/mol. The van der Waals surface area contributed by atoms with Gasteiger partial charge in [0, 0.05) is 38.8 Å². The molecule has 5 nitrogen and oxygen atoms in total. The molecule has 1 saturated carbocycles. The number of nitrogens with zero attached hydrogens (tertiary/aromatic N) is 2. The third-order valence-electron chi connectivity index (χ3n) is 5.49. The fraction of sp³-hybridized carbons (Fsp3) is 0.579. The summed E-state index contributed by atoms with van der Waals surface area (Å²) in [6.07, 6.45) is 5.28. The first-order valence-electron chi connectivity index (χ1n) is 9.03. The lowest BCUT2D eigenvalue weighted by Crippen LogP contribution is -2.44. The summed E-state index contributed by atoms with van der Waals surface area (Å²) in [7, 11) is 1.79. The Balaban J connectivity index is 0.00000243. The normalized spacial score (nSPS) is 18.3. The van der Waals surface area contributed by atoms with Gasteiger partial charge >= 0.3 is 0 Å². The number of hydrogen-bond acceptors (Lipinski definition) is 2. The van der Waals surface area contributed by atoms with Gasteiger partial charge in [0.1, 0.15) is 5.82 Å². The minimum absolute atomic E-state index is 0. The first-order valence-corrected chi connectivity index (χ1v) is 9.03. The largest absolute Gasteiger partial charge is 0.354 e. The maximum Gasteiger partial charge on any atom is 0.251 e. The van der Waals surface area contributed by atoms with Crippen LogP contribution >= 0.6 is 24.0 Å². The molecule has 0 radical (unpaired) electrons. The number of carbonyl (C=O) groups is 1. The van der Waals surface area contributed by atoms with Crippen molar-refractivity contribution >= 4 is 35.8 Å². The van der Waals surface area contributed by atoms with Crippen LogP contribution in [0, 0.1) is 18.2 Å². The summed E-state index contributed by atoms with van der Waals surface area (Å²) in [5, 5.41) is 6.12. The summed E-state index contributed by atoms with van der Waals surface area (Å²) in [5.41, 5.74) is 1.41. The number of carbonyl (C=O) groups excluding carboxylic acids is 1. The van der Waals surface area contributed by atoms with Gasteiger partial charge in [0.25, 0.3) is 5.91 Å². The second kappa shape index (κ2) is 9.01. The number of hydrogen-bond donors (Lipinski definition) is 2. The molecule has 2 N–H and O–H groups in total. The average molecular weight is 474 g/mol. The fourth-order valence-corrected chi connectivity index (χ4v) is 3.72. The van der Waals surface area contributed by atoms with Gasteiger partial charge in [-0.3, -0.25) is 9.79 Å². The Morgan fingerprint density at radius 3 is 2.58 bits per heavy atom. The second-order valence-electron chi connectivity index (χ2n) is 7.22. The van der Waals surface area contributed by atoms with E-state index in [9.17, 15) is 9.18 Å². The molecule has 1 aromatic rings. The predicted octanol–water partition coefficient (Wildman–Crippen LogP) is 2.93. The van der Waals surface area contributed by atoms with E-state index < -0.39 is 0 Å². The highest BCUT2D eigenvalue weighted by Gasteiger charge is 2.43. The summed E-state index contributed by atoms with van der Waals surface area (Å²) >= 11 is 0. The van der Waals surface area contributed by atoms with Crippen molar-refractivity contribution in [3.63, 3.8) is 0 Å². The van der Waals surface area contributed by atoms with E-state index in [4.69, 9.17) is 0 Å². The molecule has 144 valence electrons. The Kier molecular flexibility index (Phi) is 7.25. The van der Waals surface area contributed by atoms with Crippen molar-refractivity contribution in [3.05, 3.63) is 35.1 Å². The molecule has 1 aliphatic carbocycles. The molecule has 1 saturated heterocycles. The number of halogens is 2. The number of aliphatic imine (C=N–C) groups is 1. The van der Waals surface area contributed by atoms with Crippen LogP contribution in [0.5, 0.6) is 0 Å². The Morgan fingerprint density at radius 2 is 2.00 bits per heavy atom. The number of aryl methyl sites for hydroxylation is 1. The molecule has 7 heteroatoms. The van der Waals surface area contributed by atoms with Crippen LogP contribution in [0.4, 0.5) is 4.39 Å². The molecule has 1 aliphatic heterocycles. The predicted molar refractivity (Wildman–Crippen MR) is 113 cm³/mol. The van der Waals surface area contributed by atoms with Crippen molar-refractivity contribution in [3.8, 4) is 0 Å². The number of guanidine groups is 1. The van der Waals surface area contributed by atoms with Crippen LogP contribution in [0.2, 0.25) is 0 Å². The van der Waals surface area contributed by atoms with E-state index in [1.54, 1.807) is 26.1 Å². The standard InChI is InChI=1S/C19H27FN4O.HI/c1-14-4-5-15(12-16(14)20)17(25)22-9-10-23-18(21-2)24-11-8-19(13-24)6-3-7-19;/h4-5,12H,3,6-11,13H2,1-2H3,(H,21,23)(H,22,25);1H. The van der Waals surface area contributed by atoms with E-state index in [0.29, 0.717) is 29.6 Å². The van der Waals surface area contributed by atoms with E-state index in [1.807, 2.05) is 0 Å². The maximum absolute atomic E-state index is 13.5. The fourth-order valence-electron chi connectivity index (χ4n) is 3.72. The third kappa shape index (κ3) is 4.66. The van der Waals surface area contributed by atoms with Crippen molar-refractivity contribution in [1.29, 1.82) is 0 Å². The van der Waals surface area contributed by atoms with Gasteiger partial charge in [-0.15, -0.1) is 24.0 Å². The number of likely N-dealkylation sites (tertiary alicyclic amines) is 1. The summed E-state index contributed by atoms with van der Waals surface area (Å²) in [6, 6.07) is 4.54. The SMILES string of the molecule is CN=C(NCCNC(=O)c1ccc(C)c(F)c1)N1CCC2(CCC2)C1.I. The Hall–Kier alpha value is -1.38. The van der Waals surface area contributed by atoms with Crippen molar-refractivity contribution in [1.82, 2.24) is 15.5 Å². The van der Waals surface area contributed by atoms with E-state index in [1.165, 1.54) is 31.7 Å². The van der Waals surface area contributed by atoms with Crippen LogP contribution in [0.1, 0.15) is 41.6 Å². The molecular formula is C19H28FIN4O. The van der Waals surface area contributed by atoms with Crippen molar-refractivity contribution in [2.75, 3.05) is 33.2 Å². The highest BCUT2D eigenvalue weighted by Crippen LogP contribution is 2.47. The van der Waals surface area contributed by atoms with Gasteiger partial charge in [-0.2, -0.15) is 0 Å². The first kappa shape index (κ1) is 20.9. The van der Waals surface area contributed by atoms with Crippen LogP contribution in [0.15, 0.2) is 23.2 Å². The molecule has 0 unspecified atom stereocenters. The number of benzene rings is 1. The monoisotopic (exact) mass is 474 g/mol. The van der Waals surface area contributed by atoms with Crippen LogP contribution in [-0.2, 0) is 0 Å². The number of amides is 1. The summed E-state index contributed by atoms with van der Waals surface area (Å²) in [4.78, 5) is 18.7. The van der Waals surface area contributed by atoms with E-state index in [-0.39, 0.29) is 35.7 Å². The van der Waals surface area contributed by atoms with Crippen LogP contribution in [-0.4, -0.2) is 50.0 Å². The van der Waals surface area contributed by atoms with Crippen LogP contribution in [0.25, 0.3) is 0 Å². The maximum atomic E-state index is 13.5. The van der Waals surface area contributed by atoms with Gasteiger partial charge in [0.2, 0.25) is 0 Å². The van der Waals surface area contributed by atoms with Crippen molar-refractivity contribution < 1.29 is 9.18 Å². The third-order valence-corrected chi connectivity index (χ3v) is 5.49. The lowest BCUT2D eigenvalue weighted by molar-refractivity contribution is 0.0954. The molecule has 0 bridgehead atoms. The summed E-state index contributed by atoms with van der Waals surface area (Å²) < 4.78 is 13.5. The Morgan fingerprint density at radius 1 is 1.27 bits per heavy atom. The van der Waals surface area contributed by atoms with Gasteiger partial charge in [0.05, 0.1) is 0 Å². The summed E-state index contributed by atoms with van der Waals surface area (Å²) in [5.74, 6) is 0.287. The van der Waals surface area contributed by atoms with Gasteiger partial charge in [-0.25, -0.2) is 4.39 Å². The number of nitrogens with one attached hydrogen (secondary N) is 2. The molecule has 1 aromatic carbocycles. The molecule has 2 aliphatic rings. The van der Waals surface area contributed by atoms with Gasteiger partial charge in [0.15, 0.2) is 5.96 Å². The smallest absolute Gasteiger partial charge is 0.251 e. The zero-order valence-electron chi connectivity index (χ0n) is 15.5. The van der Waals surface area contributed by atoms with Crippen LogP contribution < -0.4 is 10.6 Å². The minimum Gasteiger partial charge on any atom is -0.354 e. The Bertz CT molecular complexity index is 676. The number of rotatable bonds is 4. The van der Waals surface area contributed by atoms with Gasteiger partial charge < -0.3 is 15.5 Å². The van der Waals surface area contributed by atoms with Crippen molar-refractivity contribution in [2.45, 2.75) is 32.6 Å². The zero-order chi connectivity index (χ0) is 17.9. The summed E-state index contributed by atoms with van der Waals surface area (Å²) in [6.45, 7) is 4.87.